The van der Waals surface area contributed by atoms with Gasteiger partial charge >= 0.3 is 0 Å². The van der Waals surface area contributed by atoms with Crippen molar-refractivity contribution in [2.75, 3.05) is 0 Å². The Hall–Kier alpha value is -2.26. The summed E-state index contributed by atoms with van der Waals surface area (Å²) in [6.07, 6.45) is -2.66. The Balaban J connectivity index is 1.62. The Kier molecular flexibility index (Phi) is 4.73. The highest BCUT2D eigenvalue weighted by Crippen LogP contribution is 2.39. The summed E-state index contributed by atoms with van der Waals surface area (Å²) in [4.78, 5) is 4.12. The molecule has 1 aromatic carbocycles. The number of hydrazone groups is 1. The van der Waals surface area contributed by atoms with Crippen molar-refractivity contribution < 1.29 is 19.3 Å². The van der Waals surface area contributed by atoms with Gasteiger partial charge in [-0.2, -0.15) is 5.10 Å². The van der Waals surface area contributed by atoms with Crippen LogP contribution in [0, 0.1) is 0 Å². The summed E-state index contributed by atoms with van der Waals surface area (Å²) in [5, 5.41) is 25.0. The lowest BCUT2D eigenvalue weighted by Crippen LogP contribution is -2.34. The molecule has 3 heterocycles. The van der Waals surface area contributed by atoms with Crippen LogP contribution in [0.15, 0.2) is 46.6 Å². The topological polar surface area (TPSA) is 105 Å². The number of amidine groups is 1. The zero-order valence-corrected chi connectivity index (χ0v) is 14.9. The van der Waals surface area contributed by atoms with Crippen LogP contribution in [0.4, 0.5) is 4.39 Å². The van der Waals surface area contributed by atoms with E-state index in [1.54, 1.807) is 35.2 Å². The number of halogens is 2. The Morgan fingerprint density at radius 2 is 2.00 bits per heavy atom. The third kappa shape index (κ3) is 3.04. The molecule has 0 spiro atoms. The largest absolute Gasteiger partial charge is 0.387 e. The molecule has 4 N–H and O–H groups in total. The summed E-state index contributed by atoms with van der Waals surface area (Å²) in [7, 11) is 0. The highest BCUT2D eigenvalue weighted by atomic mass is 35.5. The van der Waals surface area contributed by atoms with Crippen molar-refractivity contribution >= 4 is 23.7 Å². The smallest absolute Gasteiger partial charge is 0.180 e. The predicted octanol–water partition coefficient (Wildman–Crippen LogP) is 1.72. The van der Waals surface area contributed by atoms with Crippen LogP contribution in [0.3, 0.4) is 0 Å². The SMILES string of the molecule is N/N=C1/N=CCc2c1ccn2[C@@H]1O[C@H]([C@H](F)c2ccc(Cl)cc2)[C@@H](O)[C@H]1O. The number of aliphatic hydroxyl groups is 2. The van der Waals surface area contributed by atoms with Crippen molar-refractivity contribution in [2.45, 2.75) is 37.1 Å². The summed E-state index contributed by atoms with van der Waals surface area (Å²) in [6.45, 7) is 0. The van der Waals surface area contributed by atoms with E-state index in [0.717, 1.165) is 5.69 Å². The normalized spacial score (nSPS) is 29.9. The summed E-state index contributed by atoms with van der Waals surface area (Å²) < 4.78 is 22.4. The van der Waals surface area contributed by atoms with Gasteiger partial charge in [-0.1, -0.05) is 23.7 Å². The van der Waals surface area contributed by atoms with E-state index >= 15 is 0 Å². The van der Waals surface area contributed by atoms with Gasteiger partial charge in [0.05, 0.1) is 0 Å². The minimum Gasteiger partial charge on any atom is -0.387 e. The fraction of sp³-hybridized carbons (Fsp3) is 0.333. The third-order valence-corrected chi connectivity index (χ3v) is 5.16. The molecule has 1 aromatic heterocycles. The number of hydrogen-bond donors (Lipinski definition) is 3. The Morgan fingerprint density at radius 1 is 1.26 bits per heavy atom. The van der Waals surface area contributed by atoms with Crippen molar-refractivity contribution in [3.8, 4) is 0 Å². The van der Waals surface area contributed by atoms with Gasteiger partial charge in [0.1, 0.15) is 18.3 Å². The Morgan fingerprint density at radius 3 is 2.70 bits per heavy atom. The van der Waals surface area contributed by atoms with E-state index in [1.807, 2.05) is 0 Å². The Bertz CT molecular complexity index is 899. The van der Waals surface area contributed by atoms with E-state index in [2.05, 4.69) is 10.1 Å². The maximum Gasteiger partial charge on any atom is 0.180 e. The minimum absolute atomic E-state index is 0.315. The van der Waals surface area contributed by atoms with Crippen LogP contribution in [0.5, 0.6) is 0 Å². The molecule has 0 unspecified atom stereocenters. The van der Waals surface area contributed by atoms with Crippen LogP contribution < -0.4 is 5.84 Å². The average molecular weight is 393 g/mol. The van der Waals surface area contributed by atoms with Crippen LogP contribution in [-0.4, -0.2) is 45.1 Å². The predicted molar refractivity (Wildman–Crippen MR) is 98.6 cm³/mol. The molecule has 1 saturated heterocycles. The van der Waals surface area contributed by atoms with E-state index in [-0.39, 0.29) is 0 Å². The first-order chi connectivity index (χ1) is 13.0. The van der Waals surface area contributed by atoms with Crippen molar-refractivity contribution in [3.05, 3.63) is 58.4 Å². The zero-order chi connectivity index (χ0) is 19.1. The first-order valence-corrected chi connectivity index (χ1v) is 8.80. The fourth-order valence-corrected chi connectivity index (χ4v) is 3.65. The lowest BCUT2D eigenvalue weighted by Gasteiger charge is -2.21. The van der Waals surface area contributed by atoms with Crippen molar-refractivity contribution in [1.29, 1.82) is 0 Å². The highest BCUT2D eigenvalue weighted by molar-refractivity contribution is 6.30. The van der Waals surface area contributed by atoms with Gasteiger partial charge in [-0.05, 0) is 23.8 Å². The van der Waals surface area contributed by atoms with E-state index in [1.165, 1.54) is 12.1 Å². The van der Waals surface area contributed by atoms with E-state index in [9.17, 15) is 14.6 Å². The molecule has 2 aromatic rings. The molecule has 9 heteroatoms. The lowest BCUT2D eigenvalue weighted by molar-refractivity contribution is -0.0648. The molecule has 1 fully saturated rings. The quantitative estimate of drug-likeness (QED) is 0.546. The number of aliphatic imine (C=N–C) groups is 1. The summed E-state index contributed by atoms with van der Waals surface area (Å²) in [5.74, 6) is 5.72. The number of ether oxygens (including phenoxy) is 1. The molecule has 0 saturated carbocycles. The van der Waals surface area contributed by atoms with Gasteiger partial charge in [0, 0.05) is 35.1 Å². The second-order valence-electron chi connectivity index (χ2n) is 6.48. The highest BCUT2D eigenvalue weighted by Gasteiger charge is 2.48. The lowest BCUT2D eigenvalue weighted by atomic mass is 10.0. The number of alkyl halides is 1. The number of nitrogens with zero attached hydrogens (tertiary/aromatic N) is 3. The molecule has 2 aliphatic rings. The van der Waals surface area contributed by atoms with Gasteiger partial charge in [0.25, 0.3) is 0 Å². The first kappa shape index (κ1) is 18.1. The van der Waals surface area contributed by atoms with E-state index in [0.29, 0.717) is 28.4 Å². The average Bonchev–Trinajstić information content (AvgIpc) is 3.23. The van der Waals surface area contributed by atoms with Crippen molar-refractivity contribution in [2.24, 2.45) is 15.9 Å². The maximum atomic E-state index is 15.0. The molecule has 0 amide bonds. The first-order valence-electron chi connectivity index (χ1n) is 8.43. The van der Waals surface area contributed by atoms with Crippen LogP contribution in [-0.2, 0) is 11.2 Å². The molecule has 4 rings (SSSR count). The number of aromatic nitrogens is 1. The number of nitrogens with two attached hydrogens (primary N) is 1. The van der Waals surface area contributed by atoms with Gasteiger partial charge in [-0.25, -0.2) is 9.38 Å². The molecule has 5 atom stereocenters. The van der Waals surface area contributed by atoms with E-state index in [4.69, 9.17) is 22.2 Å². The molecule has 0 bridgehead atoms. The van der Waals surface area contributed by atoms with Crippen LogP contribution >= 0.6 is 11.6 Å². The molecule has 27 heavy (non-hydrogen) atoms. The Labute approximate surface area is 159 Å². The number of aliphatic hydroxyl groups excluding tert-OH is 2. The number of rotatable bonds is 3. The molecular formula is C18H18ClFN4O3. The molecule has 142 valence electrons. The molecule has 7 nitrogen and oxygen atoms in total. The van der Waals surface area contributed by atoms with Gasteiger partial charge in [0.2, 0.25) is 0 Å². The molecule has 0 aliphatic carbocycles. The second kappa shape index (κ2) is 7.05. The van der Waals surface area contributed by atoms with Gasteiger partial charge in [-0.15, -0.1) is 0 Å². The molecule has 0 radical (unpaired) electrons. The maximum absolute atomic E-state index is 15.0. The molecule has 2 aliphatic heterocycles. The number of fused-ring (bicyclic) bond motifs is 1. The van der Waals surface area contributed by atoms with Crippen molar-refractivity contribution in [1.82, 2.24) is 4.57 Å². The van der Waals surface area contributed by atoms with Crippen LogP contribution in [0.2, 0.25) is 5.02 Å². The number of benzene rings is 1. The monoisotopic (exact) mass is 392 g/mol. The molecular weight excluding hydrogens is 375 g/mol. The van der Waals surface area contributed by atoms with Gasteiger partial charge in [0.15, 0.2) is 18.2 Å². The third-order valence-electron chi connectivity index (χ3n) is 4.91. The summed E-state index contributed by atoms with van der Waals surface area (Å²) in [5.41, 5.74) is 1.80. The standard InChI is InChI=1S/C18H18ClFN4O3/c19-10-3-1-9(2-4-10)13(20)16-14(25)15(26)18(27-16)24-8-6-11-12(24)5-7-22-17(11)23-21/h1-4,6-8,13-16,18,25-26H,5,21H2/b23-17+/t13-,14+,15-,16-,18-/m1/s1. The van der Waals surface area contributed by atoms with Gasteiger partial charge < -0.3 is 25.4 Å². The zero-order valence-electron chi connectivity index (χ0n) is 14.1. The second-order valence-corrected chi connectivity index (χ2v) is 6.91. The van der Waals surface area contributed by atoms with E-state index < -0.39 is 30.7 Å². The fourth-order valence-electron chi connectivity index (χ4n) is 3.52. The summed E-state index contributed by atoms with van der Waals surface area (Å²) in [6, 6.07) is 7.93. The van der Waals surface area contributed by atoms with Gasteiger partial charge in [-0.3, -0.25) is 0 Å². The van der Waals surface area contributed by atoms with Crippen LogP contribution in [0.1, 0.15) is 29.2 Å². The summed E-state index contributed by atoms with van der Waals surface area (Å²) >= 11 is 5.83. The minimum atomic E-state index is -1.62. The van der Waals surface area contributed by atoms with Crippen LogP contribution in [0.25, 0.3) is 0 Å². The number of hydrogen-bond acceptors (Lipinski definition) is 5. The van der Waals surface area contributed by atoms with Crippen molar-refractivity contribution in [3.63, 3.8) is 0 Å².